The van der Waals surface area contributed by atoms with E-state index in [9.17, 15) is 9.90 Å². The van der Waals surface area contributed by atoms with E-state index in [1.54, 1.807) is 6.92 Å². The number of Topliss-reactive ketones (excluding diaryl/α,β-unsaturated/α-hetero) is 1. The summed E-state index contributed by atoms with van der Waals surface area (Å²) in [6.45, 7) is 6.60. The number of carbonyl (C=O) groups is 1. The predicted octanol–water partition coefficient (Wildman–Crippen LogP) is 4.60. The van der Waals surface area contributed by atoms with Crippen molar-refractivity contribution < 1.29 is 9.90 Å². The fraction of sp³-hybridized carbons (Fsp3) is 0.952. The standard InChI is InChI=1S/C21H34O2/c1-13(22)16-9-10-17-15-8-7-14-6-4-5-11-20(14,2)19(15)18(23)12-21(16,17)3/h14-19,23H,4-12H2,1-3H3/t14-,15+,16+,17-,18-,19-,20+,21-/m1/s1. The van der Waals surface area contributed by atoms with E-state index in [0.717, 1.165) is 18.8 Å². The first-order valence-electron chi connectivity index (χ1n) is 10.1. The van der Waals surface area contributed by atoms with E-state index < -0.39 is 0 Å². The van der Waals surface area contributed by atoms with Gasteiger partial charge >= 0.3 is 0 Å². The van der Waals surface area contributed by atoms with Crippen molar-refractivity contribution >= 4 is 5.78 Å². The van der Waals surface area contributed by atoms with Gasteiger partial charge in [0.2, 0.25) is 0 Å². The Kier molecular flexibility index (Phi) is 3.72. The number of aliphatic hydroxyl groups is 1. The number of aliphatic hydroxyl groups excluding tert-OH is 1. The van der Waals surface area contributed by atoms with E-state index in [0.29, 0.717) is 29.0 Å². The summed E-state index contributed by atoms with van der Waals surface area (Å²) < 4.78 is 0. The van der Waals surface area contributed by atoms with Gasteiger partial charge in [0, 0.05) is 5.92 Å². The fourth-order valence-corrected chi connectivity index (χ4v) is 8.09. The Balaban J connectivity index is 1.69. The van der Waals surface area contributed by atoms with Crippen LogP contribution in [0.2, 0.25) is 0 Å². The van der Waals surface area contributed by atoms with Crippen molar-refractivity contribution in [2.45, 2.75) is 84.7 Å². The highest BCUT2D eigenvalue weighted by Crippen LogP contribution is 2.67. The Morgan fingerprint density at radius 1 is 1.00 bits per heavy atom. The molecular formula is C21H34O2. The topological polar surface area (TPSA) is 37.3 Å². The molecule has 4 aliphatic rings. The highest BCUT2D eigenvalue weighted by atomic mass is 16.3. The molecule has 0 amide bonds. The lowest BCUT2D eigenvalue weighted by molar-refractivity contribution is -0.170. The molecule has 0 aliphatic heterocycles. The smallest absolute Gasteiger partial charge is 0.133 e. The second-order valence-electron chi connectivity index (χ2n) is 9.84. The maximum atomic E-state index is 12.2. The molecule has 0 saturated heterocycles. The molecular weight excluding hydrogens is 284 g/mol. The molecule has 4 saturated carbocycles. The van der Waals surface area contributed by atoms with Crippen molar-refractivity contribution in [3.05, 3.63) is 0 Å². The van der Waals surface area contributed by atoms with Gasteiger partial charge in [-0.3, -0.25) is 4.79 Å². The molecule has 0 radical (unpaired) electrons. The Labute approximate surface area is 141 Å². The summed E-state index contributed by atoms with van der Waals surface area (Å²) in [4.78, 5) is 12.2. The van der Waals surface area contributed by atoms with Crippen LogP contribution in [0.25, 0.3) is 0 Å². The molecule has 0 aromatic carbocycles. The highest BCUT2D eigenvalue weighted by Gasteiger charge is 2.63. The van der Waals surface area contributed by atoms with Gasteiger partial charge in [-0.15, -0.1) is 0 Å². The first kappa shape index (κ1) is 16.1. The van der Waals surface area contributed by atoms with Crippen LogP contribution >= 0.6 is 0 Å². The van der Waals surface area contributed by atoms with Crippen LogP contribution in [0.3, 0.4) is 0 Å². The molecule has 0 heterocycles. The van der Waals surface area contributed by atoms with Crippen molar-refractivity contribution in [1.29, 1.82) is 0 Å². The molecule has 1 N–H and O–H groups in total. The summed E-state index contributed by atoms with van der Waals surface area (Å²) in [7, 11) is 0. The van der Waals surface area contributed by atoms with Crippen LogP contribution in [-0.2, 0) is 4.79 Å². The number of carbonyl (C=O) groups excluding carboxylic acids is 1. The second-order valence-corrected chi connectivity index (χ2v) is 9.84. The Morgan fingerprint density at radius 3 is 2.52 bits per heavy atom. The quantitative estimate of drug-likeness (QED) is 0.767. The Bertz CT molecular complexity index is 500. The van der Waals surface area contributed by atoms with Crippen LogP contribution in [0.5, 0.6) is 0 Å². The van der Waals surface area contributed by atoms with Crippen LogP contribution in [0, 0.1) is 40.4 Å². The summed E-state index contributed by atoms with van der Waals surface area (Å²) in [5.74, 6) is 3.21. The molecule has 0 aromatic heterocycles. The summed E-state index contributed by atoms with van der Waals surface area (Å²) in [6.07, 6.45) is 11.1. The molecule has 2 nitrogen and oxygen atoms in total. The van der Waals surface area contributed by atoms with Gasteiger partial charge in [0.05, 0.1) is 6.10 Å². The lowest BCUT2D eigenvalue weighted by Gasteiger charge is -2.62. The minimum atomic E-state index is -0.188. The number of fused-ring (bicyclic) bond motifs is 5. The third kappa shape index (κ3) is 2.12. The molecule has 130 valence electrons. The monoisotopic (exact) mass is 318 g/mol. The van der Waals surface area contributed by atoms with E-state index >= 15 is 0 Å². The lowest BCUT2D eigenvalue weighted by atomic mass is 9.44. The minimum Gasteiger partial charge on any atom is -0.393 e. The van der Waals surface area contributed by atoms with Crippen molar-refractivity contribution in [2.75, 3.05) is 0 Å². The molecule has 4 rings (SSSR count). The first-order chi connectivity index (χ1) is 10.9. The third-order valence-electron chi connectivity index (χ3n) is 9.00. The van der Waals surface area contributed by atoms with Crippen LogP contribution in [0.4, 0.5) is 0 Å². The van der Waals surface area contributed by atoms with Gasteiger partial charge in [0.1, 0.15) is 5.78 Å². The van der Waals surface area contributed by atoms with E-state index in [1.165, 1.54) is 44.9 Å². The van der Waals surface area contributed by atoms with Crippen LogP contribution in [-0.4, -0.2) is 17.0 Å². The van der Waals surface area contributed by atoms with Gasteiger partial charge in [-0.25, -0.2) is 0 Å². The first-order valence-corrected chi connectivity index (χ1v) is 10.1. The number of hydrogen-bond donors (Lipinski definition) is 1. The van der Waals surface area contributed by atoms with Crippen molar-refractivity contribution in [2.24, 2.45) is 40.4 Å². The Morgan fingerprint density at radius 2 is 1.78 bits per heavy atom. The molecule has 23 heavy (non-hydrogen) atoms. The fourth-order valence-electron chi connectivity index (χ4n) is 8.09. The van der Waals surface area contributed by atoms with Crippen LogP contribution in [0.1, 0.15) is 78.6 Å². The Hall–Kier alpha value is -0.370. The minimum absolute atomic E-state index is 0.0598. The molecule has 2 heteroatoms. The molecule has 0 unspecified atom stereocenters. The van der Waals surface area contributed by atoms with E-state index in [2.05, 4.69) is 13.8 Å². The largest absolute Gasteiger partial charge is 0.393 e. The van der Waals surface area contributed by atoms with Crippen molar-refractivity contribution in [3.8, 4) is 0 Å². The zero-order valence-corrected chi connectivity index (χ0v) is 15.2. The molecule has 0 bridgehead atoms. The summed E-state index contributed by atoms with van der Waals surface area (Å²) in [5.41, 5.74) is 0.417. The summed E-state index contributed by atoms with van der Waals surface area (Å²) in [6, 6.07) is 0. The third-order valence-corrected chi connectivity index (χ3v) is 9.00. The SMILES string of the molecule is CC(=O)[C@@H]1CC[C@@H]2[C@@H]3CC[C@H]4CCCC[C@]4(C)[C@H]3[C@H](O)C[C@@]21C. The predicted molar refractivity (Wildman–Crippen MR) is 91.9 cm³/mol. The zero-order valence-electron chi connectivity index (χ0n) is 15.2. The lowest BCUT2D eigenvalue weighted by Crippen LogP contribution is -2.58. The van der Waals surface area contributed by atoms with Crippen molar-refractivity contribution in [1.82, 2.24) is 0 Å². The molecule has 4 aliphatic carbocycles. The molecule has 0 aromatic rings. The average molecular weight is 319 g/mol. The van der Waals surface area contributed by atoms with Gasteiger partial charge < -0.3 is 5.11 Å². The van der Waals surface area contributed by atoms with Gasteiger partial charge in [-0.1, -0.05) is 26.7 Å². The molecule has 4 fully saturated rings. The molecule has 8 atom stereocenters. The van der Waals surface area contributed by atoms with E-state index in [4.69, 9.17) is 0 Å². The highest BCUT2D eigenvalue weighted by molar-refractivity contribution is 5.79. The summed E-state index contributed by atoms with van der Waals surface area (Å²) in [5, 5.41) is 11.2. The zero-order chi connectivity index (χ0) is 16.4. The number of hydrogen-bond acceptors (Lipinski definition) is 2. The second kappa shape index (κ2) is 5.31. The van der Waals surface area contributed by atoms with Gasteiger partial charge in [-0.05, 0) is 86.4 Å². The van der Waals surface area contributed by atoms with E-state index in [-0.39, 0.29) is 17.4 Å². The van der Waals surface area contributed by atoms with Crippen LogP contribution < -0.4 is 0 Å². The average Bonchev–Trinajstić information content (AvgIpc) is 2.82. The van der Waals surface area contributed by atoms with Crippen molar-refractivity contribution in [3.63, 3.8) is 0 Å². The maximum absolute atomic E-state index is 12.2. The maximum Gasteiger partial charge on any atom is 0.133 e. The summed E-state index contributed by atoms with van der Waals surface area (Å²) >= 11 is 0. The molecule has 0 spiro atoms. The van der Waals surface area contributed by atoms with Crippen LogP contribution in [0.15, 0.2) is 0 Å². The van der Waals surface area contributed by atoms with Gasteiger partial charge in [0.15, 0.2) is 0 Å². The number of ketones is 1. The van der Waals surface area contributed by atoms with Gasteiger partial charge in [0.25, 0.3) is 0 Å². The normalized spacial score (nSPS) is 55.7. The van der Waals surface area contributed by atoms with E-state index in [1.807, 2.05) is 0 Å². The number of rotatable bonds is 1. The van der Waals surface area contributed by atoms with Gasteiger partial charge in [-0.2, -0.15) is 0 Å².